The number of aromatic nitrogens is 2. The number of rotatable bonds is 8. The number of aryl methyl sites for hydroxylation is 1. The van der Waals surface area contributed by atoms with E-state index in [-0.39, 0.29) is 30.7 Å². The van der Waals surface area contributed by atoms with Gasteiger partial charge in [0.15, 0.2) is 5.95 Å². The lowest BCUT2D eigenvalue weighted by molar-refractivity contribution is -0.133. The number of benzene rings is 2. The van der Waals surface area contributed by atoms with Crippen LogP contribution < -0.4 is 16.8 Å². The van der Waals surface area contributed by atoms with E-state index in [4.69, 9.17) is 11.5 Å². The van der Waals surface area contributed by atoms with Crippen molar-refractivity contribution < 1.29 is 9.59 Å². The normalized spacial score (nSPS) is 12.3. The van der Waals surface area contributed by atoms with Crippen molar-refractivity contribution in [3.63, 3.8) is 0 Å². The maximum atomic E-state index is 12.6. The molecular formula is C21H27Cl2N5O2. The number of aromatic amines is 1. The fraction of sp³-hybridized carbons (Fsp3) is 0.286. The summed E-state index contributed by atoms with van der Waals surface area (Å²) in [6.45, 7) is 2.09. The van der Waals surface area contributed by atoms with Crippen LogP contribution in [-0.4, -0.2) is 21.8 Å². The van der Waals surface area contributed by atoms with Crippen molar-refractivity contribution in [3.05, 3.63) is 59.7 Å². The highest BCUT2D eigenvalue weighted by Gasteiger charge is 2.28. The second-order valence-corrected chi connectivity index (χ2v) is 7.01. The van der Waals surface area contributed by atoms with Gasteiger partial charge >= 0.3 is 0 Å². The molecule has 1 heterocycles. The molecule has 2 amide bonds. The number of amides is 2. The Morgan fingerprint density at radius 3 is 2.47 bits per heavy atom. The number of nitrogens with one attached hydrogen (secondary N) is 2. The number of H-pyrrole nitrogens is 1. The van der Waals surface area contributed by atoms with E-state index in [1.165, 1.54) is 0 Å². The van der Waals surface area contributed by atoms with Crippen molar-refractivity contribution in [2.75, 3.05) is 5.73 Å². The Labute approximate surface area is 187 Å². The molecule has 162 valence electrons. The fourth-order valence-corrected chi connectivity index (χ4v) is 3.32. The van der Waals surface area contributed by atoms with Crippen LogP contribution in [0.5, 0.6) is 0 Å². The van der Waals surface area contributed by atoms with E-state index in [1.807, 2.05) is 48.5 Å². The number of nitrogen functional groups attached to an aromatic ring is 1. The lowest BCUT2D eigenvalue weighted by Crippen LogP contribution is -2.39. The molecule has 1 unspecified atom stereocenters. The molecule has 3 rings (SSSR count). The largest absolute Gasteiger partial charge is 0.369 e. The van der Waals surface area contributed by atoms with E-state index in [0.29, 0.717) is 25.3 Å². The first kappa shape index (κ1) is 25.3. The van der Waals surface area contributed by atoms with Gasteiger partial charge in [-0.3, -0.25) is 9.59 Å². The minimum Gasteiger partial charge on any atom is -0.369 e. The summed E-state index contributed by atoms with van der Waals surface area (Å²) in [7, 11) is 0. The molecule has 0 aliphatic heterocycles. The van der Waals surface area contributed by atoms with E-state index in [1.54, 1.807) is 6.92 Å². The van der Waals surface area contributed by atoms with Crippen molar-refractivity contribution in [1.82, 2.24) is 15.3 Å². The molecule has 2 atom stereocenters. The number of halogens is 2. The van der Waals surface area contributed by atoms with E-state index in [0.717, 1.165) is 22.2 Å². The number of nitrogens with zero attached hydrogens (tertiary/aromatic N) is 1. The number of hydrogen-bond acceptors (Lipinski definition) is 4. The van der Waals surface area contributed by atoms with Gasteiger partial charge in [-0.1, -0.05) is 43.3 Å². The highest BCUT2D eigenvalue weighted by Crippen LogP contribution is 2.20. The highest BCUT2D eigenvalue weighted by molar-refractivity contribution is 5.87. The number of imidazole rings is 1. The molecule has 0 radical (unpaired) electrons. The van der Waals surface area contributed by atoms with Crippen LogP contribution in [0, 0.1) is 11.8 Å². The Hall–Kier alpha value is -2.77. The molecule has 0 bridgehead atoms. The molecule has 6 N–H and O–H groups in total. The summed E-state index contributed by atoms with van der Waals surface area (Å²) in [5.74, 6) is -1.32. The highest BCUT2D eigenvalue weighted by atomic mass is 35.5. The summed E-state index contributed by atoms with van der Waals surface area (Å²) in [4.78, 5) is 31.6. The third-order valence-corrected chi connectivity index (χ3v) is 5.00. The molecule has 7 nitrogen and oxygen atoms in total. The fourth-order valence-electron chi connectivity index (χ4n) is 3.32. The molecule has 3 aromatic rings. The summed E-state index contributed by atoms with van der Waals surface area (Å²) in [6, 6.07) is 15.5. The second kappa shape index (κ2) is 11.4. The third-order valence-electron chi connectivity index (χ3n) is 5.00. The molecule has 0 saturated heterocycles. The van der Waals surface area contributed by atoms with Crippen molar-refractivity contribution in [3.8, 4) is 0 Å². The predicted molar refractivity (Wildman–Crippen MR) is 123 cm³/mol. The smallest absolute Gasteiger partial charge is 0.223 e. The van der Waals surface area contributed by atoms with Crippen LogP contribution in [0.15, 0.2) is 48.5 Å². The van der Waals surface area contributed by atoms with E-state index in [2.05, 4.69) is 15.3 Å². The summed E-state index contributed by atoms with van der Waals surface area (Å²) < 4.78 is 0. The minimum atomic E-state index is -0.518. The van der Waals surface area contributed by atoms with E-state index >= 15 is 0 Å². The number of hydrogen-bond donors (Lipinski definition) is 4. The van der Waals surface area contributed by atoms with Crippen LogP contribution in [0.2, 0.25) is 0 Å². The standard InChI is InChI=1S/C21H25N5O2.2ClH/c1-13(16(19(22)27)9-7-14-5-3-2-4-6-14)20(28)24-12-15-8-10-17-18(11-15)26-21(23)25-17;;/h2-6,8,10-11,13,16H,7,9,12H2,1H3,(H2,22,27)(H,24,28)(H3,23,25,26);2*1H/t13-,16?;;/m0../s1. The zero-order valence-corrected chi connectivity index (χ0v) is 18.3. The van der Waals surface area contributed by atoms with Gasteiger partial charge in [-0.05, 0) is 36.1 Å². The lowest BCUT2D eigenvalue weighted by atomic mass is 9.87. The number of fused-ring (bicyclic) bond motifs is 1. The monoisotopic (exact) mass is 451 g/mol. The Bertz CT molecular complexity index is 978. The Balaban J connectivity index is 0.00000225. The molecule has 9 heteroatoms. The van der Waals surface area contributed by atoms with Gasteiger partial charge in [0.1, 0.15) is 0 Å². The van der Waals surface area contributed by atoms with Gasteiger partial charge < -0.3 is 21.8 Å². The zero-order chi connectivity index (χ0) is 20.1. The van der Waals surface area contributed by atoms with Crippen molar-refractivity contribution in [2.24, 2.45) is 17.6 Å². The molecule has 0 aliphatic carbocycles. The SMILES string of the molecule is C[C@H](C(=O)NCc1ccc2nc(N)[nH]c2c1)C(CCc1ccccc1)C(N)=O.Cl.Cl. The maximum Gasteiger partial charge on any atom is 0.223 e. The van der Waals surface area contributed by atoms with Gasteiger partial charge in [0, 0.05) is 18.4 Å². The Kier molecular flexibility index (Phi) is 9.62. The molecule has 0 saturated carbocycles. The molecule has 2 aromatic carbocycles. The maximum absolute atomic E-state index is 12.6. The topological polar surface area (TPSA) is 127 Å². The average molecular weight is 452 g/mol. The van der Waals surface area contributed by atoms with Crippen molar-refractivity contribution in [2.45, 2.75) is 26.3 Å². The Morgan fingerprint density at radius 2 is 1.80 bits per heavy atom. The summed E-state index contributed by atoms with van der Waals surface area (Å²) in [5.41, 5.74) is 14.8. The molecule has 0 fully saturated rings. The van der Waals surface area contributed by atoms with Crippen LogP contribution in [-0.2, 0) is 22.6 Å². The molecule has 0 spiro atoms. The number of carbonyl (C=O) groups is 2. The van der Waals surface area contributed by atoms with Crippen LogP contribution in [0.4, 0.5) is 5.95 Å². The van der Waals surface area contributed by atoms with E-state index < -0.39 is 17.7 Å². The van der Waals surface area contributed by atoms with Gasteiger partial charge in [0.2, 0.25) is 11.8 Å². The first-order valence-electron chi connectivity index (χ1n) is 9.29. The van der Waals surface area contributed by atoms with Gasteiger partial charge in [-0.2, -0.15) is 0 Å². The van der Waals surface area contributed by atoms with Crippen molar-refractivity contribution >= 4 is 53.6 Å². The summed E-state index contributed by atoms with van der Waals surface area (Å²) in [5, 5.41) is 2.89. The number of anilines is 1. The van der Waals surface area contributed by atoms with Crippen LogP contribution in [0.1, 0.15) is 24.5 Å². The van der Waals surface area contributed by atoms with Crippen molar-refractivity contribution in [1.29, 1.82) is 0 Å². The first-order chi connectivity index (χ1) is 13.4. The molecule has 0 aliphatic rings. The van der Waals surface area contributed by atoms with Gasteiger partial charge in [-0.25, -0.2) is 4.98 Å². The lowest BCUT2D eigenvalue weighted by Gasteiger charge is -2.20. The van der Waals surface area contributed by atoms with Crippen LogP contribution in [0.3, 0.4) is 0 Å². The first-order valence-corrected chi connectivity index (χ1v) is 9.29. The van der Waals surface area contributed by atoms with Crippen LogP contribution in [0.25, 0.3) is 11.0 Å². The number of nitrogens with two attached hydrogens (primary N) is 2. The van der Waals surface area contributed by atoms with Gasteiger partial charge in [-0.15, -0.1) is 24.8 Å². The molecule has 1 aromatic heterocycles. The summed E-state index contributed by atoms with van der Waals surface area (Å²) in [6.07, 6.45) is 1.23. The van der Waals surface area contributed by atoms with Gasteiger partial charge in [0.05, 0.1) is 11.0 Å². The number of primary amides is 1. The summed E-state index contributed by atoms with van der Waals surface area (Å²) >= 11 is 0. The molecular weight excluding hydrogens is 425 g/mol. The van der Waals surface area contributed by atoms with E-state index in [9.17, 15) is 9.59 Å². The third kappa shape index (κ3) is 6.37. The minimum absolute atomic E-state index is 0. The zero-order valence-electron chi connectivity index (χ0n) is 16.6. The molecule has 30 heavy (non-hydrogen) atoms. The average Bonchev–Trinajstić information content (AvgIpc) is 3.05. The number of carbonyl (C=O) groups excluding carboxylic acids is 2. The second-order valence-electron chi connectivity index (χ2n) is 7.01. The quantitative estimate of drug-likeness (QED) is 0.419. The van der Waals surface area contributed by atoms with Gasteiger partial charge in [0.25, 0.3) is 0 Å². The van der Waals surface area contributed by atoms with Crippen LogP contribution >= 0.6 is 24.8 Å². The Morgan fingerprint density at radius 1 is 1.10 bits per heavy atom. The predicted octanol–water partition coefficient (Wildman–Crippen LogP) is 2.98.